The zero-order valence-electron chi connectivity index (χ0n) is 16.1. The molecule has 0 saturated carbocycles. The highest BCUT2D eigenvalue weighted by molar-refractivity contribution is 7.19. The van der Waals surface area contributed by atoms with Crippen molar-refractivity contribution in [3.05, 3.63) is 60.6 Å². The molecular formula is C21H23N3O3S. The van der Waals surface area contributed by atoms with E-state index < -0.39 is 5.97 Å². The highest BCUT2D eigenvalue weighted by Crippen LogP contribution is 2.34. The summed E-state index contributed by atoms with van der Waals surface area (Å²) in [6, 6.07) is 12.9. The van der Waals surface area contributed by atoms with Crippen molar-refractivity contribution in [1.29, 1.82) is 0 Å². The third-order valence-electron chi connectivity index (χ3n) is 4.26. The van der Waals surface area contributed by atoms with Gasteiger partial charge in [0.2, 0.25) is 5.91 Å². The van der Waals surface area contributed by atoms with Crippen molar-refractivity contribution in [2.24, 2.45) is 5.92 Å². The molecule has 0 saturated heterocycles. The number of rotatable bonds is 7. The molecule has 146 valence electrons. The van der Waals surface area contributed by atoms with Gasteiger partial charge in [-0.1, -0.05) is 55.5 Å². The number of nitrogens with zero attached hydrogens (tertiary/aromatic N) is 2. The summed E-state index contributed by atoms with van der Waals surface area (Å²) in [6.07, 6.45) is 4.45. The van der Waals surface area contributed by atoms with E-state index in [4.69, 9.17) is 4.74 Å². The highest BCUT2D eigenvalue weighted by Gasteiger charge is 2.25. The highest BCUT2D eigenvalue weighted by atomic mass is 32.1. The Kier molecular flexibility index (Phi) is 6.26. The second-order valence-electron chi connectivity index (χ2n) is 6.82. The van der Waals surface area contributed by atoms with Crippen LogP contribution in [0.15, 0.2) is 54.9 Å². The maximum absolute atomic E-state index is 13.0. The minimum Gasteiger partial charge on any atom is -0.464 e. The molecule has 0 aliphatic heterocycles. The van der Waals surface area contributed by atoms with Gasteiger partial charge in [-0.25, -0.2) is 9.78 Å². The van der Waals surface area contributed by atoms with E-state index >= 15 is 0 Å². The Labute approximate surface area is 168 Å². The zero-order chi connectivity index (χ0) is 20.1. The Morgan fingerprint density at radius 3 is 2.43 bits per heavy atom. The zero-order valence-corrected chi connectivity index (χ0v) is 16.9. The van der Waals surface area contributed by atoms with E-state index in [9.17, 15) is 9.59 Å². The van der Waals surface area contributed by atoms with Gasteiger partial charge in [-0.05, 0) is 30.0 Å². The number of methoxy groups -OCH3 is 1. The predicted molar refractivity (Wildman–Crippen MR) is 110 cm³/mol. The second kappa shape index (κ2) is 8.84. The molecule has 1 amide bonds. The van der Waals surface area contributed by atoms with Crippen LogP contribution in [-0.4, -0.2) is 28.5 Å². The number of benzene rings is 1. The number of nitrogens with one attached hydrogen (secondary N) is 1. The number of ether oxygens (including phenoxy) is 1. The van der Waals surface area contributed by atoms with E-state index in [1.807, 2.05) is 59.4 Å². The fourth-order valence-corrected chi connectivity index (χ4v) is 3.91. The van der Waals surface area contributed by atoms with Crippen LogP contribution in [0.4, 0.5) is 5.13 Å². The normalized spacial score (nSPS) is 12.0. The molecule has 2 aromatic heterocycles. The number of aromatic nitrogens is 2. The molecule has 0 spiro atoms. The molecule has 0 radical (unpaired) electrons. The van der Waals surface area contributed by atoms with Crippen LogP contribution < -0.4 is 5.32 Å². The summed E-state index contributed by atoms with van der Waals surface area (Å²) >= 11 is 1.27. The van der Waals surface area contributed by atoms with E-state index in [0.717, 1.165) is 5.56 Å². The number of hydrogen-bond acceptors (Lipinski definition) is 5. The first kappa shape index (κ1) is 19.8. The fourth-order valence-electron chi connectivity index (χ4n) is 2.95. The summed E-state index contributed by atoms with van der Waals surface area (Å²) in [4.78, 5) is 30.2. The van der Waals surface area contributed by atoms with Crippen molar-refractivity contribution in [1.82, 2.24) is 9.55 Å². The second-order valence-corrected chi connectivity index (χ2v) is 7.82. The van der Waals surface area contributed by atoms with E-state index in [2.05, 4.69) is 24.1 Å². The lowest BCUT2D eigenvalue weighted by Crippen LogP contribution is -2.26. The number of esters is 1. The molecule has 1 aromatic carbocycles. The Morgan fingerprint density at radius 1 is 1.14 bits per heavy atom. The van der Waals surface area contributed by atoms with E-state index in [1.165, 1.54) is 18.4 Å². The van der Waals surface area contributed by atoms with Crippen molar-refractivity contribution in [3.63, 3.8) is 0 Å². The Balaban J connectivity index is 1.90. The van der Waals surface area contributed by atoms with Crippen LogP contribution in [0.2, 0.25) is 0 Å². The van der Waals surface area contributed by atoms with Crippen molar-refractivity contribution in [3.8, 4) is 10.4 Å². The summed E-state index contributed by atoms with van der Waals surface area (Å²) in [6.45, 7) is 4.16. The number of carbonyl (C=O) groups excluding carboxylic acids is 2. The van der Waals surface area contributed by atoms with Crippen molar-refractivity contribution >= 4 is 28.3 Å². The van der Waals surface area contributed by atoms with Gasteiger partial charge in [0, 0.05) is 12.4 Å². The summed E-state index contributed by atoms with van der Waals surface area (Å²) in [5.41, 5.74) is 1.06. The fraction of sp³-hybridized carbons (Fsp3) is 0.286. The molecule has 3 rings (SSSR count). The van der Waals surface area contributed by atoms with E-state index in [0.29, 0.717) is 22.3 Å². The third kappa shape index (κ3) is 4.48. The summed E-state index contributed by atoms with van der Waals surface area (Å²) < 4.78 is 6.76. The number of anilines is 1. The van der Waals surface area contributed by atoms with Crippen LogP contribution in [0.1, 0.15) is 36.8 Å². The van der Waals surface area contributed by atoms with Crippen molar-refractivity contribution in [2.75, 3.05) is 12.4 Å². The summed E-state index contributed by atoms with van der Waals surface area (Å²) in [7, 11) is 1.32. The first-order valence-electron chi connectivity index (χ1n) is 9.07. The van der Waals surface area contributed by atoms with Crippen LogP contribution >= 0.6 is 11.3 Å². The summed E-state index contributed by atoms with van der Waals surface area (Å²) in [5.74, 6) is -0.339. The molecule has 2 heterocycles. The predicted octanol–water partition coefficient (Wildman–Crippen LogP) is 4.62. The van der Waals surface area contributed by atoms with Gasteiger partial charge in [0.25, 0.3) is 0 Å². The molecule has 0 bridgehead atoms. The number of hydrogen-bond donors (Lipinski definition) is 1. The molecule has 0 fully saturated rings. The van der Waals surface area contributed by atoms with Crippen LogP contribution in [0.25, 0.3) is 10.4 Å². The monoisotopic (exact) mass is 397 g/mol. The Bertz CT molecular complexity index is 933. The van der Waals surface area contributed by atoms with Gasteiger partial charge in [-0.15, -0.1) is 0 Å². The molecule has 28 heavy (non-hydrogen) atoms. The average Bonchev–Trinajstić information content (AvgIpc) is 3.36. The van der Waals surface area contributed by atoms with Crippen LogP contribution in [0, 0.1) is 5.92 Å². The first-order chi connectivity index (χ1) is 13.5. The molecule has 1 atom stereocenters. The van der Waals surface area contributed by atoms with Crippen LogP contribution in [0.3, 0.4) is 0 Å². The van der Waals surface area contributed by atoms with Gasteiger partial charge in [-0.3, -0.25) is 4.79 Å². The van der Waals surface area contributed by atoms with Crippen molar-refractivity contribution in [2.45, 2.75) is 26.3 Å². The molecule has 6 nitrogen and oxygen atoms in total. The molecule has 1 N–H and O–H groups in total. The van der Waals surface area contributed by atoms with E-state index in [-0.39, 0.29) is 17.6 Å². The number of amides is 1. The van der Waals surface area contributed by atoms with E-state index in [1.54, 1.807) is 0 Å². The average molecular weight is 398 g/mol. The lowest BCUT2D eigenvalue weighted by Gasteiger charge is -2.19. The molecule has 0 aliphatic carbocycles. The summed E-state index contributed by atoms with van der Waals surface area (Å²) in [5, 5.41) is 3.26. The lowest BCUT2D eigenvalue weighted by molar-refractivity contribution is -0.119. The van der Waals surface area contributed by atoms with Gasteiger partial charge in [-0.2, -0.15) is 0 Å². The van der Waals surface area contributed by atoms with Gasteiger partial charge >= 0.3 is 5.97 Å². The van der Waals surface area contributed by atoms with Gasteiger partial charge in [0.1, 0.15) is 6.04 Å². The molecule has 0 unspecified atom stereocenters. The lowest BCUT2D eigenvalue weighted by atomic mass is 10.0. The third-order valence-corrected chi connectivity index (χ3v) is 5.28. The van der Waals surface area contributed by atoms with Gasteiger partial charge in [0.15, 0.2) is 10.8 Å². The Hall–Kier alpha value is -2.93. The standard InChI is InChI=1S/C21H23N3O3S/c1-14(2)13-16(24-11-7-8-12-24)19(25)23-21-22-17(20(26)27-3)18(28-21)15-9-5-4-6-10-15/h4-12,14,16H,13H2,1-3H3,(H,22,23,25)/t16-/m1/s1. The molecular weight excluding hydrogens is 374 g/mol. The largest absolute Gasteiger partial charge is 0.464 e. The van der Waals surface area contributed by atoms with Gasteiger partial charge in [0.05, 0.1) is 12.0 Å². The van der Waals surface area contributed by atoms with Crippen LogP contribution in [-0.2, 0) is 9.53 Å². The minimum absolute atomic E-state index is 0.158. The minimum atomic E-state index is -0.528. The molecule has 7 heteroatoms. The number of thiazole rings is 1. The topological polar surface area (TPSA) is 73.2 Å². The SMILES string of the molecule is COC(=O)c1nc(NC(=O)[C@@H](CC(C)C)n2cccc2)sc1-c1ccccc1. The molecule has 3 aromatic rings. The quantitative estimate of drug-likeness (QED) is 0.590. The maximum Gasteiger partial charge on any atom is 0.358 e. The maximum atomic E-state index is 13.0. The Morgan fingerprint density at radius 2 is 1.82 bits per heavy atom. The van der Waals surface area contributed by atoms with Gasteiger partial charge < -0.3 is 14.6 Å². The van der Waals surface area contributed by atoms with Crippen LogP contribution in [0.5, 0.6) is 0 Å². The molecule has 0 aliphatic rings. The number of carbonyl (C=O) groups is 2. The smallest absolute Gasteiger partial charge is 0.358 e. The first-order valence-corrected chi connectivity index (χ1v) is 9.89. The van der Waals surface area contributed by atoms with Crippen molar-refractivity contribution < 1.29 is 14.3 Å².